The Labute approximate surface area is 141 Å². The van der Waals surface area contributed by atoms with Crippen LogP contribution in [0.25, 0.3) is 10.9 Å². The van der Waals surface area contributed by atoms with Crippen molar-refractivity contribution in [1.29, 1.82) is 0 Å². The molecule has 0 saturated carbocycles. The van der Waals surface area contributed by atoms with E-state index in [0.29, 0.717) is 12.3 Å². The topological polar surface area (TPSA) is 49.0 Å². The number of hydrogen-bond acceptors (Lipinski definition) is 2. The molecule has 1 N–H and O–H groups in total. The first-order valence-corrected chi connectivity index (χ1v) is 8.45. The van der Waals surface area contributed by atoms with Crippen LogP contribution in [0.3, 0.4) is 0 Å². The molecule has 4 rings (SSSR count). The second-order valence-electron chi connectivity index (χ2n) is 6.59. The number of nitrogens with zero attached hydrogens (tertiary/aromatic N) is 2. The van der Waals surface area contributed by atoms with Gasteiger partial charge in [0, 0.05) is 48.5 Å². The van der Waals surface area contributed by atoms with Crippen LogP contribution in [-0.4, -0.2) is 33.9 Å². The first kappa shape index (κ1) is 14.9. The quantitative estimate of drug-likeness (QED) is 0.804. The van der Waals surface area contributed by atoms with Crippen molar-refractivity contribution in [2.24, 2.45) is 0 Å². The largest absolute Gasteiger partial charge is 0.361 e. The number of aryl methyl sites for hydroxylation is 1. The van der Waals surface area contributed by atoms with E-state index in [1.54, 1.807) is 0 Å². The zero-order valence-corrected chi connectivity index (χ0v) is 13.8. The van der Waals surface area contributed by atoms with Crippen molar-refractivity contribution in [2.45, 2.75) is 25.7 Å². The molecule has 122 valence electrons. The third-order valence-electron chi connectivity index (χ3n) is 5.06. The highest BCUT2D eigenvalue weighted by Gasteiger charge is 2.27. The van der Waals surface area contributed by atoms with Gasteiger partial charge in [0.05, 0.1) is 6.42 Å². The minimum atomic E-state index is 0.218. The van der Waals surface area contributed by atoms with Crippen LogP contribution in [0, 0.1) is 6.92 Å². The lowest BCUT2D eigenvalue weighted by Crippen LogP contribution is -2.29. The number of H-pyrrole nitrogens is 1. The summed E-state index contributed by atoms with van der Waals surface area (Å²) in [6.07, 6.45) is 7.13. The predicted molar refractivity (Wildman–Crippen MR) is 94.9 cm³/mol. The molecule has 1 aromatic carbocycles. The molecule has 1 amide bonds. The van der Waals surface area contributed by atoms with Crippen LogP contribution >= 0.6 is 0 Å². The molecule has 1 fully saturated rings. The van der Waals surface area contributed by atoms with E-state index in [1.165, 1.54) is 16.5 Å². The van der Waals surface area contributed by atoms with E-state index < -0.39 is 0 Å². The van der Waals surface area contributed by atoms with Gasteiger partial charge < -0.3 is 9.88 Å². The van der Waals surface area contributed by atoms with E-state index in [2.05, 4.69) is 41.2 Å². The summed E-state index contributed by atoms with van der Waals surface area (Å²) < 4.78 is 0. The van der Waals surface area contributed by atoms with Crippen LogP contribution in [0.5, 0.6) is 0 Å². The third kappa shape index (κ3) is 2.68. The van der Waals surface area contributed by atoms with E-state index in [-0.39, 0.29) is 5.91 Å². The van der Waals surface area contributed by atoms with Crippen molar-refractivity contribution in [3.63, 3.8) is 0 Å². The van der Waals surface area contributed by atoms with Crippen LogP contribution in [0.4, 0.5) is 0 Å². The number of aromatic amines is 1. The zero-order valence-electron chi connectivity index (χ0n) is 13.8. The molecular weight excluding hydrogens is 298 g/mol. The third-order valence-corrected chi connectivity index (χ3v) is 5.06. The number of carbonyl (C=O) groups is 1. The van der Waals surface area contributed by atoms with Crippen molar-refractivity contribution in [3.8, 4) is 0 Å². The molecule has 24 heavy (non-hydrogen) atoms. The number of benzene rings is 1. The summed E-state index contributed by atoms with van der Waals surface area (Å²) in [5, 5.41) is 1.19. The molecule has 3 aromatic rings. The van der Waals surface area contributed by atoms with Gasteiger partial charge in [-0.05, 0) is 48.2 Å². The van der Waals surface area contributed by atoms with Crippen molar-refractivity contribution in [3.05, 3.63) is 65.6 Å². The fourth-order valence-electron chi connectivity index (χ4n) is 3.76. The van der Waals surface area contributed by atoms with Gasteiger partial charge in [-0.3, -0.25) is 9.78 Å². The number of rotatable bonds is 3. The van der Waals surface area contributed by atoms with E-state index in [9.17, 15) is 4.79 Å². The van der Waals surface area contributed by atoms with Crippen molar-refractivity contribution >= 4 is 16.8 Å². The van der Waals surface area contributed by atoms with Gasteiger partial charge in [0.15, 0.2) is 0 Å². The number of likely N-dealkylation sites (tertiary alicyclic amines) is 1. The summed E-state index contributed by atoms with van der Waals surface area (Å²) >= 11 is 0. The number of fused-ring (bicyclic) bond motifs is 1. The molecule has 4 heteroatoms. The van der Waals surface area contributed by atoms with Gasteiger partial charge in [0.1, 0.15) is 0 Å². The summed E-state index contributed by atoms with van der Waals surface area (Å²) in [6, 6.07) is 10.3. The van der Waals surface area contributed by atoms with Crippen LogP contribution in [0.1, 0.15) is 29.0 Å². The molecule has 1 atom stereocenters. The summed E-state index contributed by atoms with van der Waals surface area (Å²) in [7, 11) is 0. The molecule has 4 nitrogen and oxygen atoms in total. The van der Waals surface area contributed by atoms with Crippen molar-refractivity contribution in [2.75, 3.05) is 13.1 Å². The second-order valence-corrected chi connectivity index (χ2v) is 6.59. The fraction of sp³-hybridized carbons (Fsp3) is 0.300. The Morgan fingerprint density at radius 1 is 1.29 bits per heavy atom. The molecule has 2 aromatic heterocycles. The van der Waals surface area contributed by atoms with Crippen LogP contribution in [0.2, 0.25) is 0 Å². The Morgan fingerprint density at radius 3 is 2.96 bits per heavy atom. The molecule has 0 aliphatic carbocycles. The van der Waals surface area contributed by atoms with E-state index in [1.807, 2.05) is 29.6 Å². The van der Waals surface area contributed by atoms with Gasteiger partial charge in [-0.15, -0.1) is 0 Å². The number of hydrogen-bond donors (Lipinski definition) is 1. The van der Waals surface area contributed by atoms with Gasteiger partial charge in [-0.1, -0.05) is 12.1 Å². The summed E-state index contributed by atoms with van der Waals surface area (Å²) in [6.45, 7) is 3.75. The highest BCUT2D eigenvalue weighted by atomic mass is 16.2. The summed E-state index contributed by atoms with van der Waals surface area (Å²) in [5.41, 5.74) is 4.70. The number of nitrogens with one attached hydrogen (secondary N) is 1. The van der Waals surface area contributed by atoms with E-state index in [4.69, 9.17) is 0 Å². The lowest BCUT2D eigenvalue weighted by molar-refractivity contribution is -0.129. The maximum absolute atomic E-state index is 12.7. The Kier molecular flexibility index (Phi) is 3.81. The van der Waals surface area contributed by atoms with Crippen molar-refractivity contribution < 1.29 is 4.79 Å². The standard InChI is InChI=1S/C20H21N3O/c1-14-3-2-4-18-20(14)17(12-22-18)11-19(24)23-10-7-16(13-23)15-5-8-21-9-6-15/h2-6,8-9,12,16,22H,7,10-11,13H2,1H3. The Morgan fingerprint density at radius 2 is 2.12 bits per heavy atom. The maximum atomic E-state index is 12.7. The number of carbonyl (C=O) groups excluding carboxylic acids is 1. The number of amides is 1. The van der Waals surface area contributed by atoms with Crippen LogP contribution in [-0.2, 0) is 11.2 Å². The molecule has 1 saturated heterocycles. The normalized spacial score (nSPS) is 17.5. The summed E-state index contributed by atoms with van der Waals surface area (Å²) in [5.74, 6) is 0.650. The lowest BCUT2D eigenvalue weighted by Gasteiger charge is -2.16. The Balaban J connectivity index is 1.49. The van der Waals surface area contributed by atoms with E-state index >= 15 is 0 Å². The van der Waals surface area contributed by atoms with Gasteiger partial charge >= 0.3 is 0 Å². The van der Waals surface area contributed by atoms with E-state index in [0.717, 1.165) is 30.6 Å². The predicted octanol–water partition coefficient (Wildman–Crippen LogP) is 3.43. The molecular formula is C20H21N3O. The van der Waals surface area contributed by atoms with Crippen LogP contribution in [0.15, 0.2) is 48.9 Å². The highest BCUT2D eigenvalue weighted by Crippen LogP contribution is 2.28. The fourth-order valence-corrected chi connectivity index (χ4v) is 3.76. The average molecular weight is 319 g/mol. The molecule has 0 spiro atoms. The monoisotopic (exact) mass is 319 g/mol. The zero-order chi connectivity index (χ0) is 16.5. The number of aromatic nitrogens is 2. The molecule has 1 aliphatic rings. The molecule has 3 heterocycles. The SMILES string of the molecule is Cc1cccc2[nH]cc(CC(=O)N3CCC(c4ccncc4)C3)c12. The first-order chi connectivity index (χ1) is 11.7. The van der Waals surface area contributed by atoms with Crippen molar-refractivity contribution in [1.82, 2.24) is 14.9 Å². The van der Waals surface area contributed by atoms with Gasteiger partial charge in [0.2, 0.25) is 5.91 Å². The average Bonchev–Trinajstić information content (AvgIpc) is 3.24. The van der Waals surface area contributed by atoms with Gasteiger partial charge in [-0.25, -0.2) is 0 Å². The molecule has 1 aliphatic heterocycles. The first-order valence-electron chi connectivity index (χ1n) is 8.45. The molecule has 1 unspecified atom stereocenters. The minimum Gasteiger partial charge on any atom is -0.361 e. The number of pyridine rings is 1. The van der Waals surface area contributed by atoms with Gasteiger partial charge in [-0.2, -0.15) is 0 Å². The van der Waals surface area contributed by atoms with Crippen LogP contribution < -0.4 is 0 Å². The Bertz CT molecular complexity index is 869. The Hall–Kier alpha value is -2.62. The molecule has 0 bridgehead atoms. The second kappa shape index (κ2) is 6.11. The smallest absolute Gasteiger partial charge is 0.227 e. The summed E-state index contributed by atoms with van der Waals surface area (Å²) in [4.78, 5) is 22.1. The maximum Gasteiger partial charge on any atom is 0.227 e. The lowest BCUT2D eigenvalue weighted by atomic mass is 10.00. The minimum absolute atomic E-state index is 0.218. The van der Waals surface area contributed by atoms with Gasteiger partial charge in [0.25, 0.3) is 0 Å². The molecule has 0 radical (unpaired) electrons. The highest BCUT2D eigenvalue weighted by molar-refractivity contribution is 5.91.